The molecule has 0 N–H and O–H groups in total. The van der Waals surface area contributed by atoms with Crippen LogP contribution in [0.5, 0.6) is 0 Å². The van der Waals surface area contributed by atoms with Gasteiger partial charge in [0.05, 0.1) is 0 Å². The second-order valence-electron chi connectivity index (χ2n) is 4.05. The third-order valence-electron chi connectivity index (χ3n) is 2.82. The first-order valence-electron chi connectivity index (χ1n) is 5.82. The maximum atomic E-state index is 5.94. The van der Waals surface area contributed by atoms with Gasteiger partial charge in [0, 0.05) is 11.1 Å². The van der Waals surface area contributed by atoms with Crippen molar-refractivity contribution >= 4 is 22.7 Å². The molecule has 5 heteroatoms. The van der Waals surface area contributed by atoms with E-state index in [0.29, 0.717) is 10.9 Å². The summed E-state index contributed by atoms with van der Waals surface area (Å²) in [6.45, 7) is 3.01. The van der Waals surface area contributed by atoms with E-state index in [1.807, 2.05) is 30.6 Å². The maximum absolute atomic E-state index is 5.94. The van der Waals surface area contributed by atoms with Gasteiger partial charge in [0.2, 0.25) is 5.89 Å². The van der Waals surface area contributed by atoms with Gasteiger partial charge in [-0.2, -0.15) is 0 Å². The topological polar surface area (TPSA) is 29.9 Å². The maximum Gasteiger partial charge on any atom is 0.233 e. The van der Waals surface area contributed by atoms with Gasteiger partial charge in [-0.1, -0.05) is 11.6 Å². The first-order valence-corrected chi connectivity index (χ1v) is 6.19. The first-order chi connectivity index (χ1) is 8.76. The smallest absolute Gasteiger partial charge is 0.233 e. The molecule has 0 aliphatic rings. The lowest BCUT2D eigenvalue weighted by Crippen LogP contribution is -3.00. The van der Waals surface area contributed by atoms with Gasteiger partial charge >= 0.3 is 0 Å². The number of aryl methyl sites for hydroxylation is 1. The van der Waals surface area contributed by atoms with Crippen molar-refractivity contribution in [3.05, 3.63) is 47.7 Å². The summed E-state index contributed by atoms with van der Waals surface area (Å²) in [5.41, 5.74) is 2.50. The van der Waals surface area contributed by atoms with E-state index in [0.717, 1.165) is 23.2 Å². The van der Waals surface area contributed by atoms with Gasteiger partial charge in [0.1, 0.15) is 17.6 Å². The molecule has 0 saturated carbocycles. The van der Waals surface area contributed by atoms with E-state index in [1.54, 1.807) is 12.1 Å². The third-order valence-corrected chi connectivity index (χ3v) is 3.06. The van der Waals surface area contributed by atoms with Gasteiger partial charge in [-0.05, 0) is 31.2 Å². The zero-order chi connectivity index (χ0) is 12.5. The summed E-state index contributed by atoms with van der Waals surface area (Å²) < 4.78 is 7.81. The lowest BCUT2D eigenvalue weighted by atomic mass is 10.3. The van der Waals surface area contributed by atoms with Crippen molar-refractivity contribution < 1.29 is 33.0 Å². The number of pyridine rings is 1. The number of nitrogens with zero attached hydrogens (tertiary/aromatic N) is 2. The van der Waals surface area contributed by atoms with Gasteiger partial charge in [0.15, 0.2) is 18.0 Å². The zero-order valence-corrected chi connectivity index (χ0v) is 13.2. The number of oxazole rings is 1. The minimum absolute atomic E-state index is 0. The number of aromatic nitrogens is 2. The molecule has 3 nitrogen and oxygen atoms in total. The van der Waals surface area contributed by atoms with Crippen LogP contribution in [-0.2, 0) is 6.54 Å². The van der Waals surface area contributed by atoms with Crippen molar-refractivity contribution in [1.82, 2.24) is 4.98 Å². The largest absolute Gasteiger partial charge is 1.00 e. The third kappa shape index (κ3) is 2.90. The number of benzene rings is 1. The molecule has 0 unspecified atom stereocenters. The van der Waals surface area contributed by atoms with E-state index in [1.165, 1.54) is 0 Å². The molecule has 0 amide bonds. The Kier molecular flexibility index (Phi) is 4.42. The molecule has 0 aliphatic heterocycles. The predicted molar refractivity (Wildman–Crippen MR) is 70.3 cm³/mol. The van der Waals surface area contributed by atoms with Crippen LogP contribution in [0, 0.1) is 0 Å². The molecule has 0 spiro atoms. The molecule has 0 aliphatic carbocycles. The number of hydrogen-bond donors (Lipinski definition) is 0. The van der Waals surface area contributed by atoms with Gasteiger partial charge in [0.25, 0.3) is 0 Å². The summed E-state index contributed by atoms with van der Waals surface area (Å²) in [6.07, 6.45) is 4.04. The van der Waals surface area contributed by atoms with Gasteiger partial charge in [-0.25, -0.2) is 9.55 Å². The average molecular weight is 387 g/mol. The molecule has 98 valence electrons. The molecule has 0 radical (unpaired) electrons. The highest BCUT2D eigenvalue weighted by molar-refractivity contribution is 6.31. The summed E-state index contributed by atoms with van der Waals surface area (Å²) in [4.78, 5) is 4.45. The van der Waals surface area contributed by atoms with Crippen LogP contribution in [0.3, 0.4) is 0 Å². The van der Waals surface area contributed by atoms with E-state index in [9.17, 15) is 0 Å². The first kappa shape index (κ1) is 14.3. The molecular formula is C14H12ClIN2O. The summed E-state index contributed by atoms with van der Waals surface area (Å²) in [7, 11) is 0. The summed E-state index contributed by atoms with van der Waals surface area (Å²) in [5, 5.41) is 0.666. The lowest BCUT2D eigenvalue weighted by molar-refractivity contribution is -0.693. The number of fused-ring (bicyclic) bond motifs is 1. The normalized spacial score (nSPS) is 10.4. The van der Waals surface area contributed by atoms with Gasteiger partial charge in [-0.3, -0.25) is 0 Å². The molecule has 2 heterocycles. The van der Waals surface area contributed by atoms with Crippen molar-refractivity contribution in [3.8, 4) is 11.5 Å². The van der Waals surface area contributed by atoms with E-state index in [4.69, 9.17) is 16.0 Å². The van der Waals surface area contributed by atoms with Crippen LogP contribution in [0.25, 0.3) is 22.6 Å². The SMILES string of the molecule is CC[n+]1cccc(-c2nc3cc(Cl)ccc3o2)c1.[I-]. The molecule has 3 rings (SSSR count). The van der Waals surface area contributed by atoms with Crippen molar-refractivity contribution in [2.24, 2.45) is 0 Å². The highest BCUT2D eigenvalue weighted by atomic mass is 127. The predicted octanol–water partition coefficient (Wildman–Crippen LogP) is 0.460. The molecule has 0 fully saturated rings. The Hall–Kier alpha value is -1.14. The summed E-state index contributed by atoms with van der Waals surface area (Å²) in [5.74, 6) is 0.620. The second kappa shape index (κ2) is 5.88. The molecule has 3 aromatic rings. The van der Waals surface area contributed by atoms with Crippen LogP contribution in [0.1, 0.15) is 6.92 Å². The Bertz CT molecular complexity index is 711. The quantitative estimate of drug-likeness (QED) is 0.473. The number of hydrogen-bond acceptors (Lipinski definition) is 2. The van der Waals surface area contributed by atoms with E-state index in [-0.39, 0.29) is 24.0 Å². The number of rotatable bonds is 2. The van der Waals surface area contributed by atoms with Gasteiger partial charge in [-0.15, -0.1) is 0 Å². The Morgan fingerprint density at radius 1 is 1.32 bits per heavy atom. The highest BCUT2D eigenvalue weighted by Crippen LogP contribution is 2.25. The molecule has 19 heavy (non-hydrogen) atoms. The lowest BCUT2D eigenvalue weighted by Gasteiger charge is -1.94. The summed E-state index contributed by atoms with van der Waals surface area (Å²) >= 11 is 5.94. The fraction of sp³-hybridized carbons (Fsp3) is 0.143. The summed E-state index contributed by atoms with van der Waals surface area (Å²) in [6, 6.07) is 9.42. The Balaban J connectivity index is 0.00000133. The van der Waals surface area contributed by atoms with Crippen LogP contribution >= 0.6 is 11.6 Å². The minimum Gasteiger partial charge on any atom is -1.00 e. The van der Waals surface area contributed by atoms with Crippen LogP contribution in [0.2, 0.25) is 5.02 Å². The highest BCUT2D eigenvalue weighted by Gasteiger charge is 2.11. The van der Waals surface area contributed by atoms with E-state index < -0.39 is 0 Å². The molecule has 1 aromatic carbocycles. The van der Waals surface area contributed by atoms with E-state index in [2.05, 4.69) is 16.5 Å². The zero-order valence-electron chi connectivity index (χ0n) is 10.3. The number of halogens is 2. The molecule has 0 saturated heterocycles. The average Bonchev–Trinajstić information content (AvgIpc) is 2.81. The molecule has 2 aromatic heterocycles. The fourth-order valence-electron chi connectivity index (χ4n) is 1.87. The second-order valence-corrected chi connectivity index (χ2v) is 4.49. The fourth-order valence-corrected chi connectivity index (χ4v) is 2.04. The molecule has 0 atom stereocenters. The molecular weight excluding hydrogens is 375 g/mol. The monoisotopic (exact) mass is 386 g/mol. The van der Waals surface area contributed by atoms with E-state index >= 15 is 0 Å². The van der Waals surface area contributed by atoms with Gasteiger partial charge < -0.3 is 28.4 Å². The van der Waals surface area contributed by atoms with Crippen LogP contribution in [0.4, 0.5) is 0 Å². The van der Waals surface area contributed by atoms with Crippen molar-refractivity contribution in [2.45, 2.75) is 13.5 Å². The Morgan fingerprint density at radius 2 is 2.16 bits per heavy atom. The Labute approximate surface area is 133 Å². The van der Waals surface area contributed by atoms with Crippen LogP contribution in [0.15, 0.2) is 47.1 Å². The van der Waals surface area contributed by atoms with Crippen LogP contribution in [-0.4, -0.2) is 4.98 Å². The Morgan fingerprint density at radius 3 is 2.95 bits per heavy atom. The van der Waals surface area contributed by atoms with Crippen molar-refractivity contribution in [3.63, 3.8) is 0 Å². The van der Waals surface area contributed by atoms with Crippen molar-refractivity contribution in [2.75, 3.05) is 0 Å². The van der Waals surface area contributed by atoms with Crippen molar-refractivity contribution in [1.29, 1.82) is 0 Å². The molecule has 0 bridgehead atoms. The van der Waals surface area contributed by atoms with Crippen LogP contribution < -0.4 is 28.5 Å². The minimum atomic E-state index is 0. The standard InChI is InChI=1S/C14H12ClN2O.HI/c1-2-17-7-3-4-10(9-17)14-16-12-8-11(15)5-6-13(12)18-14;/h3-9H,2H2,1H3;1H/q+1;/p-1.